The van der Waals surface area contributed by atoms with Crippen LogP contribution in [-0.2, 0) is 0 Å². The molecule has 11 rings (SSSR count). The Morgan fingerprint density at radius 2 is 0.922 bits per heavy atom. The van der Waals surface area contributed by atoms with Gasteiger partial charge in [-0.25, -0.2) is 0 Å². The van der Waals surface area contributed by atoms with Gasteiger partial charge in [0.1, 0.15) is 0 Å². The second-order valence-corrected chi connectivity index (χ2v) is 13.3. The number of rotatable bonds is 4. The topological polar surface area (TPSA) is 30.7 Å². The summed E-state index contributed by atoms with van der Waals surface area (Å²) >= 11 is 0. The van der Waals surface area contributed by atoms with Gasteiger partial charge in [-0.15, -0.1) is 0 Å². The summed E-state index contributed by atoms with van der Waals surface area (Å²) in [5.74, 6) is 0. The van der Waals surface area contributed by atoms with E-state index in [1.165, 1.54) is 77.2 Å². The summed E-state index contributed by atoms with van der Waals surface area (Å²) in [4.78, 5) is 8.87. The molecule has 0 radical (unpaired) electrons. The molecule has 0 spiro atoms. The smallest absolute Gasteiger partial charge is 0.0725 e. The van der Waals surface area contributed by atoms with Crippen LogP contribution in [0.15, 0.2) is 176 Å². The highest BCUT2D eigenvalue weighted by Gasteiger charge is 2.31. The Labute approximate surface area is 294 Å². The van der Waals surface area contributed by atoms with Gasteiger partial charge >= 0.3 is 0 Å². The summed E-state index contributed by atoms with van der Waals surface area (Å²) in [5.41, 5.74) is 16.0. The Balaban J connectivity index is 1.15. The van der Waals surface area contributed by atoms with E-state index in [0.717, 1.165) is 27.5 Å². The lowest BCUT2D eigenvalue weighted by Crippen LogP contribution is -1.94. The second-order valence-electron chi connectivity index (χ2n) is 13.3. The molecule has 3 aromatic heterocycles. The van der Waals surface area contributed by atoms with Crippen LogP contribution in [0.5, 0.6) is 0 Å². The highest BCUT2D eigenvalue weighted by atomic mass is 15.0. The molecule has 7 aromatic carbocycles. The van der Waals surface area contributed by atoms with Gasteiger partial charge in [-0.05, 0) is 101 Å². The number of hydrogen-bond donors (Lipinski definition) is 0. The fourth-order valence-corrected chi connectivity index (χ4v) is 8.64. The maximum absolute atomic E-state index is 4.46. The molecule has 0 aliphatic heterocycles. The first kappa shape index (κ1) is 28.0. The van der Waals surface area contributed by atoms with Gasteiger partial charge in [-0.1, -0.05) is 127 Å². The quantitative estimate of drug-likeness (QED) is 0.190. The Kier molecular flexibility index (Phi) is 5.96. The minimum Gasteiger partial charge on any atom is -0.308 e. The van der Waals surface area contributed by atoms with Crippen molar-refractivity contribution in [2.45, 2.75) is 0 Å². The van der Waals surface area contributed by atoms with Crippen molar-refractivity contribution in [1.29, 1.82) is 0 Å². The van der Waals surface area contributed by atoms with E-state index in [0.29, 0.717) is 0 Å². The van der Waals surface area contributed by atoms with E-state index >= 15 is 0 Å². The minimum absolute atomic E-state index is 1.08. The standard InChI is InChI=1S/C48H29N3/c1-3-10-31(11-4-1)44-37-14-7-8-15-38(37)45(32-12-5-2-6-13-32)48-40-23-22-34(36-16-9-17-39(46(36)40)47(44)48)30-18-20-33(21-19-30)51-42-25-27-49-28-41(42)35-24-26-50-29-43(35)51/h1-29H. The summed E-state index contributed by atoms with van der Waals surface area (Å²) in [5, 5.41) is 7.42. The summed E-state index contributed by atoms with van der Waals surface area (Å²) in [7, 11) is 0. The van der Waals surface area contributed by atoms with Crippen molar-refractivity contribution >= 4 is 43.4 Å². The molecule has 0 bridgehead atoms. The molecule has 236 valence electrons. The van der Waals surface area contributed by atoms with Gasteiger partial charge in [-0.3, -0.25) is 9.97 Å². The molecule has 0 N–H and O–H groups in total. The Morgan fingerprint density at radius 1 is 0.333 bits per heavy atom. The van der Waals surface area contributed by atoms with Gasteiger partial charge in [0.05, 0.1) is 17.2 Å². The van der Waals surface area contributed by atoms with E-state index in [1.54, 1.807) is 0 Å². The van der Waals surface area contributed by atoms with E-state index in [4.69, 9.17) is 0 Å². The van der Waals surface area contributed by atoms with E-state index in [9.17, 15) is 0 Å². The van der Waals surface area contributed by atoms with Crippen molar-refractivity contribution in [2.75, 3.05) is 0 Å². The van der Waals surface area contributed by atoms with E-state index in [2.05, 4.69) is 166 Å². The van der Waals surface area contributed by atoms with Gasteiger partial charge in [0.15, 0.2) is 0 Å². The Morgan fingerprint density at radius 3 is 1.63 bits per heavy atom. The molecule has 1 aliphatic carbocycles. The zero-order chi connectivity index (χ0) is 33.5. The van der Waals surface area contributed by atoms with Crippen LogP contribution in [0.25, 0.3) is 105 Å². The molecule has 0 atom stereocenters. The molecule has 3 heteroatoms. The fourth-order valence-electron chi connectivity index (χ4n) is 8.64. The Bertz CT molecular complexity index is 2850. The van der Waals surface area contributed by atoms with Crippen LogP contribution >= 0.6 is 0 Å². The average molecular weight is 648 g/mol. The largest absolute Gasteiger partial charge is 0.308 e. The first-order valence-electron chi connectivity index (χ1n) is 17.4. The molecule has 0 saturated heterocycles. The third-order valence-corrected chi connectivity index (χ3v) is 10.7. The predicted molar refractivity (Wildman–Crippen MR) is 212 cm³/mol. The van der Waals surface area contributed by atoms with Crippen molar-refractivity contribution < 1.29 is 0 Å². The zero-order valence-corrected chi connectivity index (χ0v) is 27.6. The van der Waals surface area contributed by atoms with Crippen molar-refractivity contribution in [3.05, 3.63) is 176 Å². The number of pyridine rings is 2. The monoisotopic (exact) mass is 647 g/mol. The maximum atomic E-state index is 4.46. The van der Waals surface area contributed by atoms with E-state index < -0.39 is 0 Å². The number of benzene rings is 7. The first-order valence-corrected chi connectivity index (χ1v) is 17.4. The molecule has 10 aromatic rings. The maximum Gasteiger partial charge on any atom is 0.0725 e. The molecule has 51 heavy (non-hydrogen) atoms. The van der Waals surface area contributed by atoms with Gasteiger partial charge in [0.25, 0.3) is 0 Å². The summed E-state index contributed by atoms with van der Waals surface area (Å²) < 4.78 is 2.29. The van der Waals surface area contributed by atoms with Crippen LogP contribution < -0.4 is 0 Å². The minimum atomic E-state index is 1.08. The van der Waals surface area contributed by atoms with E-state index in [1.807, 2.05) is 24.8 Å². The van der Waals surface area contributed by atoms with Gasteiger partial charge in [-0.2, -0.15) is 0 Å². The lowest BCUT2D eigenvalue weighted by atomic mass is 9.82. The van der Waals surface area contributed by atoms with Crippen LogP contribution in [0.3, 0.4) is 0 Å². The first-order chi connectivity index (χ1) is 25.3. The fraction of sp³-hybridized carbons (Fsp3) is 0. The SMILES string of the molecule is c1ccc(-c2c3c(c(-c4ccccc4)c4ccccc24)-c2ccc(-c4ccc(-n5c6ccncc6c6ccncc65)cc4)c4cccc-3c24)cc1. The second kappa shape index (κ2) is 10.8. The predicted octanol–water partition coefficient (Wildman–Crippen LogP) is 12.5. The number of aromatic nitrogens is 3. The molecule has 0 amide bonds. The van der Waals surface area contributed by atoms with Crippen molar-refractivity contribution in [3.8, 4) is 61.3 Å². The van der Waals surface area contributed by atoms with Gasteiger partial charge < -0.3 is 4.57 Å². The summed E-state index contributed by atoms with van der Waals surface area (Å²) in [6, 6.07) is 55.5. The number of nitrogens with zero attached hydrogens (tertiary/aromatic N) is 3. The van der Waals surface area contributed by atoms with Crippen molar-refractivity contribution in [1.82, 2.24) is 14.5 Å². The molecule has 0 saturated carbocycles. The van der Waals surface area contributed by atoms with Crippen LogP contribution in [0.2, 0.25) is 0 Å². The van der Waals surface area contributed by atoms with E-state index in [-0.39, 0.29) is 0 Å². The van der Waals surface area contributed by atoms with Crippen molar-refractivity contribution in [3.63, 3.8) is 0 Å². The van der Waals surface area contributed by atoms with Gasteiger partial charge in [0, 0.05) is 35.1 Å². The molecular formula is C48H29N3. The van der Waals surface area contributed by atoms with Gasteiger partial charge in [0.2, 0.25) is 0 Å². The molecule has 3 heterocycles. The number of fused-ring (bicyclic) bond motifs is 7. The van der Waals surface area contributed by atoms with Crippen molar-refractivity contribution in [2.24, 2.45) is 0 Å². The molecule has 0 fully saturated rings. The lowest BCUT2D eigenvalue weighted by Gasteiger charge is -2.20. The third-order valence-electron chi connectivity index (χ3n) is 10.7. The molecule has 1 aliphatic rings. The number of hydrogen-bond acceptors (Lipinski definition) is 2. The van der Waals surface area contributed by atoms with Crippen LogP contribution in [0, 0.1) is 0 Å². The molecule has 0 unspecified atom stereocenters. The highest BCUT2D eigenvalue weighted by molar-refractivity contribution is 6.28. The average Bonchev–Trinajstić information content (AvgIpc) is 3.72. The Hall–Kier alpha value is -6.84. The van der Waals surface area contributed by atoms with Crippen LogP contribution in [-0.4, -0.2) is 14.5 Å². The summed E-state index contributed by atoms with van der Waals surface area (Å²) in [6.45, 7) is 0. The third kappa shape index (κ3) is 4.00. The highest BCUT2D eigenvalue weighted by Crippen LogP contribution is 2.58. The van der Waals surface area contributed by atoms with Crippen LogP contribution in [0.4, 0.5) is 0 Å². The molecule has 3 nitrogen and oxygen atoms in total. The lowest BCUT2D eigenvalue weighted by molar-refractivity contribution is 1.16. The van der Waals surface area contributed by atoms with Crippen LogP contribution in [0.1, 0.15) is 0 Å². The summed E-state index contributed by atoms with van der Waals surface area (Å²) in [6.07, 6.45) is 7.60. The normalized spacial score (nSPS) is 11.9. The molecular weight excluding hydrogens is 619 g/mol. The zero-order valence-electron chi connectivity index (χ0n) is 27.6.